The fraction of sp³-hybridized carbons (Fsp3) is 0.286. The summed E-state index contributed by atoms with van der Waals surface area (Å²) < 4.78 is 5.30. The lowest BCUT2D eigenvalue weighted by molar-refractivity contribution is 0.380. The van der Waals surface area contributed by atoms with Crippen molar-refractivity contribution in [2.45, 2.75) is 22.8 Å². The molecule has 8 heteroatoms. The summed E-state index contributed by atoms with van der Waals surface area (Å²) in [4.78, 5) is 9.64. The first-order valence-corrected chi connectivity index (χ1v) is 8.97. The van der Waals surface area contributed by atoms with Gasteiger partial charge in [0.05, 0.1) is 5.25 Å². The molecule has 0 bridgehead atoms. The number of aromatic amines is 1. The van der Waals surface area contributed by atoms with Crippen molar-refractivity contribution in [3.05, 3.63) is 42.0 Å². The second kappa shape index (κ2) is 6.97. The van der Waals surface area contributed by atoms with E-state index in [1.165, 1.54) is 16.8 Å². The van der Waals surface area contributed by atoms with E-state index in [4.69, 9.17) is 4.52 Å². The maximum Gasteiger partial charge on any atom is 0.239 e. The van der Waals surface area contributed by atoms with Gasteiger partial charge in [-0.05, 0) is 30.9 Å². The van der Waals surface area contributed by atoms with Gasteiger partial charge in [0.15, 0.2) is 5.82 Å². The Hall–Kier alpha value is -1.80. The van der Waals surface area contributed by atoms with E-state index in [2.05, 4.69) is 62.8 Å². The number of hydrogen-bond donors (Lipinski definition) is 1. The van der Waals surface area contributed by atoms with E-state index in [9.17, 15) is 0 Å². The SMILES string of the molecule is CSc1ccc(CSC(C)c2nc(-c3ncn[nH]3)no2)cc1. The maximum atomic E-state index is 5.30. The normalized spacial score (nSPS) is 12.5. The van der Waals surface area contributed by atoms with Crippen LogP contribution >= 0.6 is 23.5 Å². The highest BCUT2D eigenvalue weighted by atomic mass is 32.2. The summed E-state index contributed by atoms with van der Waals surface area (Å²) >= 11 is 3.50. The van der Waals surface area contributed by atoms with Crippen LogP contribution in [0.3, 0.4) is 0 Å². The molecule has 2 heterocycles. The molecule has 0 aliphatic heterocycles. The molecule has 0 amide bonds. The van der Waals surface area contributed by atoms with Gasteiger partial charge in [-0.15, -0.1) is 23.5 Å². The topological polar surface area (TPSA) is 80.5 Å². The third kappa shape index (κ3) is 3.50. The van der Waals surface area contributed by atoms with Crippen LogP contribution < -0.4 is 0 Å². The molecule has 6 nitrogen and oxygen atoms in total. The van der Waals surface area contributed by atoms with Gasteiger partial charge in [-0.3, -0.25) is 5.10 Å². The summed E-state index contributed by atoms with van der Waals surface area (Å²) in [6.07, 6.45) is 3.50. The summed E-state index contributed by atoms with van der Waals surface area (Å²) in [5.41, 5.74) is 1.28. The molecule has 0 fully saturated rings. The average molecular weight is 333 g/mol. The predicted octanol–water partition coefficient (Wildman–Crippen LogP) is 3.57. The number of hydrogen-bond acceptors (Lipinski definition) is 7. The van der Waals surface area contributed by atoms with Gasteiger partial charge in [0.25, 0.3) is 0 Å². The average Bonchev–Trinajstić information content (AvgIpc) is 3.23. The maximum absolute atomic E-state index is 5.30. The Morgan fingerprint density at radius 3 is 2.77 bits per heavy atom. The molecule has 1 atom stereocenters. The van der Waals surface area contributed by atoms with Gasteiger partial charge in [-0.25, -0.2) is 4.98 Å². The lowest BCUT2D eigenvalue weighted by Gasteiger charge is -2.06. The Morgan fingerprint density at radius 1 is 1.27 bits per heavy atom. The van der Waals surface area contributed by atoms with Gasteiger partial charge in [0.1, 0.15) is 6.33 Å². The quantitative estimate of drug-likeness (QED) is 0.691. The van der Waals surface area contributed by atoms with E-state index in [1.54, 1.807) is 23.5 Å². The van der Waals surface area contributed by atoms with Crippen LogP contribution in [-0.2, 0) is 5.75 Å². The molecular weight excluding hydrogens is 318 g/mol. The fourth-order valence-corrected chi connectivity index (χ4v) is 3.11. The zero-order chi connectivity index (χ0) is 15.4. The lowest BCUT2D eigenvalue weighted by Crippen LogP contribution is -1.91. The van der Waals surface area contributed by atoms with Crippen molar-refractivity contribution in [1.29, 1.82) is 0 Å². The highest BCUT2D eigenvalue weighted by molar-refractivity contribution is 7.98. The molecule has 114 valence electrons. The molecule has 1 aromatic carbocycles. The smallest absolute Gasteiger partial charge is 0.239 e. The number of benzene rings is 1. The third-order valence-electron chi connectivity index (χ3n) is 3.08. The minimum atomic E-state index is 0.115. The Kier molecular flexibility index (Phi) is 4.79. The van der Waals surface area contributed by atoms with Crippen LogP contribution in [0.5, 0.6) is 0 Å². The molecule has 2 aromatic heterocycles. The zero-order valence-corrected chi connectivity index (χ0v) is 13.8. The molecule has 1 N–H and O–H groups in total. The monoisotopic (exact) mass is 333 g/mol. The first-order chi connectivity index (χ1) is 10.8. The molecule has 3 rings (SSSR count). The summed E-state index contributed by atoms with van der Waals surface area (Å²) in [7, 11) is 0. The molecule has 0 saturated carbocycles. The van der Waals surface area contributed by atoms with E-state index in [0.29, 0.717) is 17.5 Å². The van der Waals surface area contributed by atoms with E-state index in [0.717, 1.165) is 5.75 Å². The molecular formula is C14H15N5OS2. The lowest BCUT2D eigenvalue weighted by atomic mass is 10.2. The summed E-state index contributed by atoms with van der Waals surface area (Å²) in [5.74, 6) is 2.44. The molecule has 0 radical (unpaired) electrons. The Bertz CT molecular complexity index is 711. The van der Waals surface area contributed by atoms with E-state index < -0.39 is 0 Å². The van der Waals surface area contributed by atoms with Crippen molar-refractivity contribution in [1.82, 2.24) is 25.3 Å². The molecule has 1 unspecified atom stereocenters. The Labute approximate surface area is 136 Å². The molecule has 3 aromatic rings. The fourth-order valence-electron chi connectivity index (χ4n) is 1.82. The molecule has 22 heavy (non-hydrogen) atoms. The number of nitrogens with one attached hydrogen (secondary N) is 1. The summed E-state index contributed by atoms with van der Waals surface area (Å²) in [6.45, 7) is 2.05. The van der Waals surface area contributed by atoms with Gasteiger partial charge in [0.2, 0.25) is 11.7 Å². The summed E-state index contributed by atoms with van der Waals surface area (Å²) in [5, 5.41) is 10.5. The van der Waals surface area contributed by atoms with Gasteiger partial charge >= 0.3 is 0 Å². The highest BCUT2D eigenvalue weighted by Crippen LogP contribution is 2.31. The van der Waals surface area contributed by atoms with Crippen molar-refractivity contribution in [2.75, 3.05) is 6.26 Å². The Morgan fingerprint density at radius 2 is 2.09 bits per heavy atom. The molecule has 0 spiro atoms. The second-order valence-corrected chi connectivity index (χ2v) is 6.80. The van der Waals surface area contributed by atoms with Crippen LogP contribution in [0.15, 0.2) is 40.0 Å². The highest BCUT2D eigenvalue weighted by Gasteiger charge is 2.17. The number of aromatic nitrogens is 5. The number of thioether (sulfide) groups is 2. The van der Waals surface area contributed by atoms with Crippen LogP contribution in [0.25, 0.3) is 11.6 Å². The molecule has 0 aliphatic rings. The standard InChI is InChI=1S/C14H15N5OS2/c1-9(22-7-10-3-5-11(21-2)6-4-10)14-17-13(19-20-14)12-15-8-16-18-12/h3-6,8-9H,7H2,1-2H3,(H,15,16,18). The van der Waals surface area contributed by atoms with Crippen LogP contribution in [0.4, 0.5) is 0 Å². The number of H-pyrrole nitrogens is 1. The largest absolute Gasteiger partial charge is 0.338 e. The number of rotatable bonds is 6. The van der Waals surface area contributed by atoms with Crippen LogP contribution in [0.2, 0.25) is 0 Å². The number of nitrogens with zero attached hydrogens (tertiary/aromatic N) is 4. The van der Waals surface area contributed by atoms with Crippen molar-refractivity contribution in [3.8, 4) is 11.6 Å². The first kappa shape index (κ1) is 15.1. The van der Waals surface area contributed by atoms with Crippen molar-refractivity contribution in [2.24, 2.45) is 0 Å². The van der Waals surface area contributed by atoms with Gasteiger partial charge < -0.3 is 4.52 Å². The minimum absolute atomic E-state index is 0.115. The van der Waals surface area contributed by atoms with Gasteiger partial charge in [-0.1, -0.05) is 17.3 Å². The van der Waals surface area contributed by atoms with Crippen LogP contribution in [0, 0.1) is 0 Å². The molecule has 0 aliphatic carbocycles. The van der Waals surface area contributed by atoms with Crippen molar-refractivity contribution < 1.29 is 4.52 Å². The predicted molar refractivity (Wildman–Crippen MR) is 87.6 cm³/mol. The summed E-state index contributed by atoms with van der Waals surface area (Å²) in [6, 6.07) is 8.58. The van der Waals surface area contributed by atoms with E-state index in [-0.39, 0.29) is 5.25 Å². The second-order valence-electron chi connectivity index (χ2n) is 4.59. The Balaban J connectivity index is 1.60. The van der Waals surface area contributed by atoms with E-state index in [1.807, 2.05) is 0 Å². The third-order valence-corrected chi connectivity index (χ3v) is 5.02. The zero-order valence-electron chi connectivity index (χ0n) is 12.2. The van der Waals surface area contributed by atoms with E-state index >= 15 is 0 Å². The van der Waals surface area contributed by atoms with Crippen LogP contribution in [-0.4, -0.2) is 31.6 Å². The van der Waals surface area contributed by atoms with Gasteiger partial charge in [0, 0.05) is 10.6 Å². The van der Waals surface area contributed by atoms with Crippen LogP contribution in [0.1, 0.15) is 23.6 Å². The van der Waals surface area contributed by atoms with Gasteiger partial charge in [-0.2, -0.15) is 10.1 Å². The van der Waals surface area contributed by atoms with Crippen molar-refractivity contribution >= 4 is 23.5 Å². The van der Waals surface area contributed by atoms with Crippen molar-refractivity contribution in [3.63, 3.8) is 0 Å². The first-order valence-electron chi connectivity index (χ1n) is 6.70. The molecule has 0 saturated heterocycles. The minimum Gasteiger partial charge on any atom is -0.338 e.